The molecule has 0 aromatic carbocycles. The molecule has 0 heterocycles. The number of amides is 1. The highest BCUT2D eigenvalue weighted by Crippen LogP contribution is 2.67. The third-order valence-corrected chi connectivity index (χ3v) is 9.81. The van der Waals surface area contributed by atoms with Gasteiger partial charge in [-0.3, -0.25) is 4.79 Å². The fourth-order valence-electron chi connectivity index (χ4n) is 7.67. The van der Waals surface area contributed by atoms with Gasteiger partial charge in [0.25, 0.3) is 5.91 Å². The number of aliphatic carboxylic acids is 1. The summed E-state index contributed by atoms with van der Waals surface area (Å²) >= 11 is 0. The quantitative estimate of drug-likeness (QED) is 0.338. The molecule has 0 radical (unpaired) electrons. The van der Waals surface area contributed by atoms with Crippen LogP contribution in [0.3, 0.4) is 0 Å². The van der Waals surface area contributed by atoms with Crippen molar-refractivity contribution in [1.82, 2.24) is 5.32 Å². The molecule has 4 aliphatic rings. The Balaban J connectivity index is 1.41. The second-order valence-electron chi connectivity index (χ2n) is 11.5. The van der Waals surface area contributed by atoms with Crippen LogP contribution in [-0.2, 0) is 14.4 Å². The summed E-state index contributed by atoms with van der Waals surface area (Å²) < 4.78 is 0. The third-order valence-electron chi connectivity index (χ3n) is 9.81. The maximum absolute atomic E-state index is 12.0. The lowest BCUT2D eigenvalue weighted by Gasteiger charge is -2.58. The lowest BCUT2D eigenvalue weighted by molar-refractivity contribution is -0.145. The van der Waals surface area contributed by atoms with Crippen molar-refractivity contribution in [1.29, 1.82) is 0 Å². The molecule has 8 nitrogen and oxygen atoms in total. The summed E-state index contributed by atoms with van der Waals surface area (Å²) in [6.07, 6.45) is 14.1. The Bertz CT molecular complexity index is 983. The molecule has 0 aromatic heterocycles. The van der Waals surface area contributed by atoms with Gasteiger partial charge < -0.3 is 25.5 Å². The first-order valence-electron chi connectivity index (χ1n) is 12.8. The molecule has 0 spiro atoms. The van der Waals surface area contributed by atoms with Crippen LogP contribution in [0.25, 0.3) is 0 Å². The number of carbonyl (C=O) groups is 2. The van der Waals surface area contributed by atoms with Crippen LogP contribution in [0.1, 0.15) is 72.1 Å². The zero-order chi connectivity index (χ0) is 25.6. The number of carboxylic acids is 1. The number of hydrogen-bond acceptors (Lipinski definition) is 6. The van der Waals surface area contributed by atoms with Gasteiger partial charge in [0.2, 0.25) is 0 Å². The van der Waals surface area contributed by atoms with Crippen LogP contribution in [0.15, 0.2) is 16.8 Å². The highest BCUT2D eigenvalue weighted by molar-refractivity contribution is 5.96. The lowest BCUT2D eigenvalue weighted by atomic mass is 9.46. The largest absolute Gasteiger partial charge is 0.480 e. The monoisotopic (exact) mass is 486 g/mol. The van der Waals surface area contributed by atoms with Crippen molar-refractivity contribution >= 4 is 17.6 Å². The number of aliphatic hydroxyl groups excluding tert-OH is 1. The molecule has 0 bridgehead atoms. The van der Waals surface area contributed by atoms with E-state index in [-0.39, 0.29) is 10.8 Å². The van der Waals surface area contributed by atoms with Crippen molar-refractivity contribution in [2.45, 2.75) is 89.9 Å². The Morgan fingerprint density at radius 1 is 1.23 bits per heavy atom. The van der Waals surface area contributed by atoms with Gasteiger partial charge in [-0.2, -0.15) is 0 Å². The Morgan fingerprint density at radius 3 is 2.60 bits per heavy atom. The Morgan fingerprint density at radius 2 is 1.94 bits per heavy atom. The Hall–Kier alpha value is -2.37. The molecule has 0 unspecified atom stereocenters. The van der Waals surface area contributed by atoms with Crippen LogP contribution in [0.4, 0.5) is 0 Å². The summed E-state index contributed by atoms with van der Waals surface area (Å²) in [5.74, 6) is 2.36. The summed E-state index contributed by atoms with van der Waals surface area (Å²) in [6.45, 7) is 5.46. The van der Waals surface area contributed by atoms with Crippen molar-refractivity contribution in [2.75, 3.05) is 6.61 Å². The second kappa shape index (κ2) is 9.25. The van der Waals surface area contributed by atoms with Gasteiger partial charge in [0.15, 0.2) is 12.6 Å². The van der Waals surface area contributed by atoms with E-state index in [0.717, 1.165) is 50.7 Å². The highest BCUT2D eigenvalue weighted by Gasteiger charge is 2.63. The van der Waals surface area contributed by atoms with Gasteiger partial charge in [-0.25, -0.2) is 4.79 Å². The van der Waals surface area contributed by atoms with Gasteiger partial charge in [0.1, 0.15) is 5.60 Å². The summed E-state index contributed by atoms with van der Waals surface area (Å²) in [6, 6.07) is -1.39. The maximum Gasteiger partial charge on any atom is 0.328 e. The standard InChI is InChI=1S/C27H38N2O6/c1-5-27(34)13-10-21-19-7-6-17-14-18(8-11-25(17,3)20(19)9-12-26(21,27)4)29-35-15-22(31)28-23(16(2)30)24(32)33/h1,14,16,19-21,23,30,34H,6-13,15H2,2-4H3,(H,28,31)(H,32,33)/b29-18+/t16-,19-,20-,21-,23-,25+,26+,27-/m1/s1. The van der Waals surface area contributed by atoms with E-state index in [4.69, 9.17) is 16.4 Å². The first-order valence-corrected chi connectivity index (χ1v) is 12.8. The predicted molar refractivity (Wildman–Crippen MR) is 130 cm³/mol. The third kappa shape index (κ3) is 4.27. The Labute approximate surface area is 207 Å². The molecule has 1 amide bonds. The molecule has 0 saturated heterocycles. The molecule has 8 atom stereocenters. The number of carboxylic acid groups (broad SMARTS) is 1. The number of hydrogen-bond donors (Lipinski definition) is 4. The van der Waals surface area contributed by atoms with Crippen molar-refractivity contribution in [3.8, 4) is 12.3 Å². The number of allylic oxidation sites excluding steroid dienone is 2. The van der Waals surface area contributed by atoms with Gasteiger partial charge in [0.05, 0.1) is 11.8 Å². The van der Waals surface area contributed by atoms with Crippen molar-refractivity contribution in [3.05, 3.63) is 11.6 Å². The minimum atomic E-state index is -1.39. The maximum atomic E-state index is 12.0. The molecule has 0 aromatic rings. The van der Waals surface area contributed by atoms with Crippen LogP contribution in [-0.4, -0.2) is 57.3 Å². The molecule has 3 fully saturated rings. The Kier molecular flexibility index (Phi) is 6.80. The smallest absolute Gasteiger partial charge is 0.328 e. The number of oxime groups is 1. The fraction of sp³-hybridized carbons (Fsp3) is 0.741. The average molecular weight is 487 g/mol. The van der Waals surface area contributed by atoms with E-state index in [0.29, 0.717) is 24.2 Å². The van der Waals surface area contributed by atoms with E-state index in [2.05, 4.69) is 36.3 Å². The molecule has 192 valence electrons. The summed E-state index contributed by atoms with van der Waals surface area (Å²) in [4.78, 5) is 28.3. The minimum absolute atomic E-state index is 0.0868. The molecular weight excluding hydrogens is 448 g/mol. The minimum Gasteiger partial charge on any atom is -0.480 e. The number of terminal acetylenes is 1. The molecule has 3 saturated carbocycles. The van der Waals surface area contributed by atoms with Gasteiger partial charge >= 0.3 is 5.97 Å². The zero-order valence-corrected chi connectivity index (χ0v) is 20.9. The van der Waals surface area contributed by atoms with E-state index >= 15 is 0 Å². The van der Waals surface area contributed by atoms with Crippen molar-refractivity contribution in [2.24, 2.45) is 33.7 Å². The van der Waals surface area contributed by atoms with Crippen LogP contribution in [0, 0.1) is 40.9 Å². The van der Waals surface area contributed by atoms with E-state index in [1.54, 1.807) is 0 Å². The summed E-state index contributed by atoms with van der Waals surface area (Å²) in [7, 11) is 0. The van der Waals surface area contributed by atoms with Gasteiger partial charge in [-0.15, -0.1) is 6.42 Å². The molecular formula is C27H38N2O6. The van der Waals surface area contributed by atoms with E-state index in [1.807, 2.05) is 0 Å². The molecule has 0 aliphatic heterocycles. The SMILES string of the molecule is C#C[C@@]1(O)CC[C@@H]2[C@@H]3CCC4=C/C(=N/OCC(=O)N[C@@H](C(=O)O)[C@@H](C)O)CC[C@]4(C)[C@@H]3CC[C@@]21C. The van der Waals surface area contributed by atoms with Gasteiger partial charge in [-0.1, -0.05) is 30.5 Å². The van der Waals surface area contributed by atoms with Crippen LogP contribution in [0.5, 0.6) is 0 Å². The van der Waals surface area contributed by atoms with E-state index < -0.39 is 36.2 Å². The second-order valence-corrected chi connectivity index (χ2v) is 11.5. The first kappa shape index (κ1) is 25.7. The normalized spacial score (nSPS) is 40.9. The zero-order valence-electron chi connectivity index (χ0n) is 20.9. The van der Waals surface area contributed by atoms with Gasteiger partial charge in [-0.05, 0) is 87.5 Å². The predicted octanol–water partition coefficient (Wildman–Crippen LogP) is 2.64. The molecule has 4 N–H and O–H groups in total. The molecule has 35 heavy (non-hydrogen) atoms. The summed E-state index contributed by atoms with van der Waals surface area (Å²) in [5, 5.41) is 36.1. The number of carbonyl (C=O) groups excluding carboxylic acids is 1. The average Bonchev–Trinajstić information content (AvgIpc) is 3.08. The van der Waals surface area contributed by atoms with Crippen LogP contribution >= 0.6 is 0 Å². The van der Waals surface area contributed by atoms with E-state index in [1.165, 1.54) is 12.5 Å². The number of rotatable bonds is 6. The number of nitrogens with one attached hydrogen (secondary N) is 1. The fourth-order valence-corrected chi connectivity index (χ4v) is 7.67. The molecule has 4 aliphatic carbocycles. The lowest BCUT2D eigenvalue weighted by Crippen LogP contribution is -2.54. The van der Waals surface area contributed by atoms with Crippen molar-refractivity contribution < 1.29 is 29.7 Å². The number of nitrogens with zero attached hydrogens (tertiary/aromatic N) is 1. The molecule has 8 heteroatoms. The number of aliphatic hydroxyl groups is 2. The first-order chi connectivity index (χ1) is 16.4. The van der Waals surface area contributed by atoms with E-state index in [9.17, 15) is 19.8 Å². The van der Waals surface area contributed by atoms with Crippen LogP contribution < -0.4 is 5.32 Å². The van der Waals surface area contributed by atoms with Crippen LogP contribution in [0.2, 0.25) is 0 Å². The topological polar surface area (TPSA) is 128 Å². The number of fused-ring (bicyclic) bond motifs is 5. The molecule has 4 rings (SSSR count). The highest BCUT2D eigenvalue weighted by atomic mass is 16.6. The van der Waals surface area contributed by atoms with Crippen molar-refractivity contribution in [3.63, 3.8) is 0 Å². The summed E-state index contributed by atoms with van der Waals surface area (Å²) in [5.41, 5.74) is 1.06. The van der Waals surface area contributed by atoms with Gasteiger partial charge in [0, 0.05) is 5.41 Å².